The fraction of sp³-hybridized carbons (Fsp3) is 0.824. The maximum atomic E-state index is 6.26. The van der Waals surface area contributed by atoms with Crippen LogP contribution in [0.15, 0.2) is 0 Å². The van der Waals surface area contributed by atoms with Crippen molar-refractivity contribution in [2.24, 2.45) is 5.92 Å². The smallest absolute Gasteiger partial charge is 0.125 e. The van der Waals surface area contributed by atoms with Gasteiger partial charge < -0.3 is 10.1 Å². The summed E-state index contributed by atoms with van der Waals surface area (Å²) in [5, 5.41) is 4.49. The van der Waals surface area contributed by atoms with E-state index in [0.29, 0.717) is 5.92 Å². The van der Waals surface area contributed by atoms with Gasteiger partial charge in [0.2, 0.25) is 0 Å². The van der Waals surface area contributed by atoms with Gasteiger partial charge in [-0.3, -0.25) is 0 Å². The van der Waals surface area contributed by atoms with Crippen LogP contribution in [0.5, 0.6) is 0 Å². The van der Waals surface area contributed by atoms with Gasteiger partial charge in [0.15, 0.2) is 0 Å². The lowest BCUT2D eigenvalue weighted by atomic mass is 9.79. The normalized spacial score (nSPS) is 26.5. The third-order valence-corrected chi connectivity index (χ3v) is 5.76. The monoisotopic (exact) mass is 310 g/mol. The number of nitrogens with zero attached hydrogens (tertiary/aromatic N) is 1. The fourth-order valence-electron chi connectivity index (χ4n) is 3.22. The molecule has 0 atom stereocenters. The van der Waals surface area contributed by atoms with Crippen LogP contribution < -0.4 is 5.32 Å². The number of hydrogen-bond acceptors (Lipinski definition) is 4. The third-order valence-electron chi connectivity index (χ3n) is 4.50. The molecule has 0 saturated heterocycles. The summed E-state index contributed by atoms with van der Waals surface area (Å²) in [6.07, 6.45) is 4.73. The summed E-state index contributed by atoms with van der Waals surface area (Å²) in [6.45, 7) is 10.6. The second-order valence-corrected chi connectivity index (χ2v) is 7.71. The molecule has 0 radical (unpaired) electrons. The molecule has 1 fully saturated rings. The molecular weight excluding hydrogens is 280 g/mol. The fourth-order valence-corrected chi connectivity index (χ4v) is 4.65. The van der Waals surface area contributed by atoms with Crippen molar-refractivity contribution in [2.45, 2.75) is 71.4 Å². The standard InChI is InChI=1S/C17H30N2OS/c1-6-20-17(9-7-13(4)8-10-17)16-19-15(12(2)3)14(21-16)11-18-5/h12-13,18H,6-11H2,1-5H3. The first-order chi connectivity index (χ1) is 10.0. The molecule has 21 heavy (non-hydrogen) atoms. The minimum atomic E-state index is -0.123. The molecule has 1 N–H and O–H groups in total. The summed E-state index contributed by atoms with van der Waals surface area (Å²) in [5.41, 5.74) is 1.13. The van der Waals surface area contributed by atoms with Crippen molar-refractivity contribution >= 4 is 11.3 Å². The number of thiazole rings is 1. The molecule has 0 spiro atoms. The van der Waals surface area contributed by atoms with Crippen LogP contribution in [0.25, 0.3) is 0 Å². The number of aromatic nitrogens is 1. The third kappa shape index (κ3) is 3.66. The first kappa shape index (κ1) is 16.9. The van der Waals surface area contributed by atoms with Crippen LogP contribution in [-0.2, 0) is 16.9 Å². The lowest BCUT2D eigenvalue weighted by Gasteiger charge is -2.37. The summed E-state index contributed by atoms with van der Waals surface area (Å²) in [6, 6.07) is 0. The largest absolute Gasteiger partial charge is 0.368 e. The van der Waals surface area contributed by atoms with Gasteiger partial charge in [0, 0.05) is 18.0 Å². The van der Waals surface area contributed by atoms with Gasteiger partial charge >= 0.3 is 0 Å². The van der Waals surface area contributed by atoms with Crippen LogP contribution in [0, 0.1) is 5.92 Å². The second-order valence-electron chi connectivity index (χ2n) is 6.62. The van der Waals surface area contributed by atoms with Crippen molar-refractivity contribution in [3.63, 3.8) is 0 Å². The SMILES string of the molecule is CCOC1(c2nc(C(C)C)c(CNC)s2)CCC(C)CC1. The Morgan fingerprint density at radius 1 is 1.38 bits per heavy atom. The maximum absolute atomic E-state index is 6.26. The Morgan fingerprint density at radius 3 is 2.57 bits per heavy atom. The average molecular weight is 311 g/mol. The van der Waals surface area contributed by atoms with E-state index in [4.69, 9.17) is 9.72 Å². The molecule has 1 aliphatic rings. The van der Waals surface area contributed by atoms with Crippen LogP contribution in [0.4, 0.5) is 0 Å². The van der Waals surface area contributed by atoms with Gasteiger partial charge in [-0.25, -0.2) is 4.98 Å². The Bertz CT molecular complexity index is 448. The van der Waals surface area contributed by atoms with E-state index in [1.165, 1.54) is 28.4 Å². The van der Waals surface area contributed by atoms with Crippen LogP contribution in [0.1, 0.15) is 74.9 Å². The van der Waals surface area contributed by atoms with E-state index in [1.807, 2.05) is 18.4 Å². The van der Waals surface area contributed by atoms with Crippen LogP contribution in [-0.4, -0.2) is 18.6 Å². The highest BCUT2D eigenvalue weighted by Crippen LogP contribution is 2.45. The summed E-state index contributed by atoms with van der Waals surface area (Å²) in [4.78, 5) is 6.40. The molecule has 120 valence electrons. The summed E-state index contributed by atoms with van der Waals surface area (Å²) in [7, 11) is 2.00. The number of ether oxygens (including phenoxy) is 1. The molecule has 1 aliphatic carbocycles. The van der Waals surface area contributed by atoms with Gasteiger partial charge in [-0.1, -0.05) is 20.8 Å². The van der Waals surface area contributed by atoms with Crippen molar-refractivity contribution in [3.05, 3.63) is 15.6 Å². The minimum absolute atomic E-state index is 0.123. The molecule has 0 aliphatic heterocycles. The maximum Gasteiger partial charge on any atom is 0.125 e. The molecule has 0 amide bonds. The van der Waals surface area contributed by atoms with Gasteiger partial charge in [0.25, 0.3) is 0 Å². The molecule has 0 unspecified atom stereocenters. The van der Waals surface area contributed by atoms with Crippen LogP contribution in [0.3, 0.4) is 0 Å². The number of rotatable bonds is 6. The van der Waals surface area contributed by atoms with Crippen molar-refractivity contribution in [3.8, 4) is 0 Å². The Balaban J connectivity index is 2.34. The van der Waals surface area contributed by atoms with Gasteiger partial charge in [0.05, 0.1) is 5.69 Å². The first-order valence-electron chi connectivity index (χ1n) is 8.31. The highest BCUT2D eigenvalue weighted by Gasteiger charge is 2.40. The van der Waals surface area contributed by atoms with Gasteiger partial charge in [-0.2, -0.15) is 0 Å². The predicted molar refractivity (Wildman–Crippen MR) is 89.9 cm³/mol. The highest BCUT2D eigenvalue weighted by atomic mass is 32.1. The molecule has 1 saturated carbocycles. The quantitative estimate of drug-likeness (QED) is 0.844. The zero-order valence-corrected chi connectivity index (χ0v) is 15.0. The highest BCUT2D eigenvalue weighted by molar-refractivity contribution is 7.11. The summed E-state index contributed by atoms with van der Waals surface area (Å²) in [5.74, 6) is 1.29. The van der Waals surface area contributed by atoms with Crippen molar-refractivity contribution in [2.75, 3.05) is 13.7 Å². The van der Waals surface area contributed by atoms with Crippen molar-refractivity contribution in [1.82, 2.24) is 10.3 Å². The molecule has 1 aromatic heterocycles. The molecule has 0 bridgehead atoms. The van der Waals surface area contributed by atoms with Gasteiger partial charge in [-0.15, -0.1) is 11.3 Å². The molecule has 1 heterocycles. The summed E-state index contributed by atoms with van der Waals surface area (Å²) < 4.78 is 6.26. The van der Waals surface area contributed by atoms with E-state index in [9.17, 15) is 0 Å². The lowest BCUT2D eigenvalue weighted by molar-refractivity contribution is -0.0777. The molecule has 4 heteroatoms. The van der Waals surface area contributed by atoms with Gasteiger partial charge in [-0.05, 0) is 51.5 Å². The number of nitrogens with one attached hydrogen (secondary N) is 1. The van der Waals surface area contributed by atoms with E-state index in [0.717, 1.165) is 31.9 Å². The predicted octanol–water partition coefficient (Wildman–Crippen LogP) is 4.43. The van der Waals surface area contributed by atoms with E-state index in [1.54, 1.807) is 0 Å². The Morgan fingerprint density at radius 2 is 2.05 bits per heavy atom. The Kier molecular flexibility index (Phi) is 5.81. The molecule has 1 aromatic rings. The molecular formula is C17H30N2OS. The van der Waals surface area contributed by atoms with E-state index < -0.39 is 0 Å². The lowest BCUT2D eigenvalue weighted by Crippen LogP contribution is -2.34. The second kappa shape index (κ2) is 7.21. The van der Waals surface area contributed by atoms with Crippen LogP contribution in [0.2, 0.25) is 0 Å². The molecule has 3 nitrogen and oxygen atoms in total. The molecule has 2 rings (SSSR count). The topological polar surface area (TPSA) is 34.1 Å². The summed E-state index contributed by atoms with van der Waals surface area (Å²) >= 11 is 1.86. The Hall–Kier alpha value is -0.450. The zero-order valence-electron chi connectivity index (χ0n) is 14.2. The van der Waals surface area contributed by atoms with Crippen molar-refractivity contribution < 1.29 is 4.74 Å². The zero-order chi connectivity index (χ0) is 15.5. The first-order valence-corrected chi connectivity index (χ1v) is 9.12. The van der Waals surface area contributed by atoms with E-state index in [2.05, 4.69) is 33.0 Å². The minimum Gasteiger partial charge on any atom is -0.368 e. The van der Waals surface area contributed by atoms with Gasteiger partial charge in [0.1, 0.15) is 10.6 Å². The van der Waals surface area contributed by atoms with E-state index in [-0.39, 0.29) is 5.60 Å². The average Bonchev–Trinajstić information content (AvgIpc) is 2.87. The Labute approximate surface area is 133 Å². The number of hydrogen-bond donors (Lipinski definition) is 1. The van der Waals surface area contributed by atoms with Crippen molar-refractivity contribution in [1.29, 1.82) is 0 Å². The molecule has 0 aromatic carbocycles. The van der Waals surface area contributed by atoms with Crippen LogP contribution >= 0.6 is 11.3 Å². The van der Waals surface area contributed by atoms with E-state index >= 15 is 0 Å².